The highest BCUT2D eigenvalue weighted by atomic mass is 16.5. The maximum Gasteiger partial charge on any atom is 0.323 e. The molecule has 0 bridgehead atoms. The summed E-state index contributed by atoms with van der Waals surface area (Å²) >= 11 is 0. The number of ether oxygens (including phenoxy) is 2. The standard InChI is InChI=1S/C28H27N3O3/c1-28(2,20-7-5-4-6-8-20)21-9-14-26(33-3)25(19-21)31-27(32)30-22-10-12-23(13-11-22)34-24-15-17-29-18-16-24/h4-19H,1-3H3,(H2,30,31,32). The normalized spacial score (nSPS) is 10.9. The van der Waals surface area contributed by atoms with Crippen molar-refractivity contribution in [3.05, 3.63) is 108 Å². The van der Waals surface area contributed by atoms with Crippen molar-refractivity contribution in [3.8, 4) is 17.2 Å². The number of amides is 2. The van der Waals surface area contributed by atoms with E-state index in [1.807, 2.05) is 36.4 Å². The SMILES string of the molecule is COc1ccc(C(C)(C)c2ccccc2)cc1NC(=O)Nc1ccc(Oc2ccncc2)cc1. The molecule has 0 atom stereocenters. The molecule has 0 aliphatic heterocycles. The summed E-state index contributed by atoms with van der Waals surface area (Å²) in [4.78, 5) is 16.7. The second-order valence-electron chi connectivity index (χ2n) is 8.29. The van der Waals surface area contributed by atoms with E-state index in [1.165, 1.54) is 5.56 Å². The van der Waals surface area contributed by atoms with E-state index in [2.05, 4.69) is 41.6 Å². The molecule has 0 saturated carbocycles. The molecule has 34 heavy (non-hydrogen) atoms. The monoisotopic (exact) mass is 453 g/mol. The Morgan fingerprint density at radius 3 is 2.15 bits per heavy atom. The fraction of sp³-hybridized carbons (Fsp3) is 0.143. The average molecular weight is 454 g/mol. The predicted molar refractivity (Wildman–Crippen MR) is 135 cm³/mol. The molecule has 2 amide bonds. The van der Waals surface area contributed by atoms with Crippen LogP contribution in [-0.4, -0.2) is 18.1 Å². The van der Waals surface area contributed by atoms with Crippen LogP contribution in [0.2, 0.25) is 0 Å². The van der Waals surface area contributed by atoms with E-state index in [4.69, 9.17) is 9.47 Å². The van der Waals surface area contributed by atoms with Crippen LogP contribution in [0.1, 0.15) is 25.0 Å². The molecule has 1 heterocycles. The second-order valence-corrected chi connectivity index (χ2v) is 8.29. The number of hydrogen-bond donors (Lipinski definition) is 2. The molecule has 6 heteroatoms. The number of aromatic nitrogens is 1. The predicted octanol–water partition coefficient (Wildman–Crippen LogP) is 6.85. The van der Waals surface area contributed by atoms with Gasteiger partial charge in [-0.1, -0.05) is 50.2 Å². The third-order valence-corrected chi connectivity index (χ3v) is 5.66. The minimum absolute atomic E-state index is 0.245. The van der Waals surface area contributed by atoms with Gasteiger partial charge in [0.2, 0.25) is 0 Å². The third-order valence-electron chi connectivity index (χ3n) is 5.66. The zero-order valence-electron chi connectivity index (χ0n) is 19.4. The van der Waals surface area contributed by atoms with Gasteiger partial charge in [0.1, 0.15) is 17.2 Å². The first-order valence-electron chi connectivity index (χ1n) is 11.0. The van der Waals surface area contributed by atoms with E-state index in [9.17, 15) is 4.79 Å². The minimum atomic E-state index is -0.365. The summed E-state index contributed by atoms with van der Waals surface area (Å²) in [5.41, 5.74) is 3.24. The average Bonchev–Trinajstić information content (AvgIpc) is 2.86. The Kier molecular flexibility index (Phi) is 6.78. The Labute approximate surface area is 199 Å². The Morgan fingerprint density at radius 1 is 0.794 bits per heavy atom. The van der Waals surface area contributed by atoms with E-state index >= 15 is 0 Å². The number of rotatable bonds is 7. The van der Waals surface area contributed by atoms with Crippen molar-refractivity contribution in [2.24, 2.45) is 0 Å². The van der Waals surface area contributed by atoms with Gasteiger partial charge in [0.05, 0.1) is 12.8 Å². The van der Waals surface area contributed by atoms with E-state index in [0.29, 0.717) is 28.6 Å². The smallest absolute Gasteiger partial charge is 0.323 e. The summed E-state index contributed by atoms with van der Waals surface area (Å²) in [5.74, 6) is 1.94. The molecule has 4 rings (SSSR count). The summed E-state index contributed by atoms with van der Waals surface area (Å²) < 4.78 is 11.2. The third kappa shape index (κ3) is 5.35. The highest BCUT2D eigenvalue weighted by Crippen LogP contribution is 2.36. The molecule has 0 aliphatic carbocycles. The lowest BCUT2D eigenvalue weighted by molar-refractivity contribution is 0.262. The van der Waals surface area contributed by atoms with E-state index in [0.717, 1.165) is 5.56 Å². The van der Waals surface area contributed by atoms with Crippen LogP contribution in [0.25, 0.3) is 0 Å². The van der Waals surface area contributed by atoms with Crippen molar-refractivity contribution in [1.29, 1.82) is 0 Å². The summed E-state index contributed by atoms with van der Waals surface area (Å²) in [6.45, 7) is 4.31. The van der Waals surface area contributed by atoms with Crippen molar-refractivity contribution in [3.63, 3.8) is 0 Å². The van der Waals surface area contributed by atoms with Crippen molar-refractivity contribution >= 4 is 17.4 Å². The number of nitrogens with zero attached hydrogens (tertiary/aromatic N) is 1. The maximum atomic E-state index is 12.7. The van der Waals surface area contributed by atoms with Crippen molar-refractivity contribution < 1.29 is 14.3 Å². The van der Waals surface area contributed by atoms with E-state index in [-0.39, 0.29) is 11.4 Å². The lowest BCUT2D eigenvalue weighted by Crippen LogP contribution is -2.22. The number of carbonyl (C=O) groups excluding carboxylic acids is 1. The van der Waals surface area contributed by atoms with Gasteiger partial charge in [0.15, 0.2) is 0 Å². The fourth-order valence-electron chi connectivity index (χ4n) is 3.65. The van der Waals surface area contributed by atoms with Gasteiger partial charge in [0, 0.05) is 23.5 Å². The molecule has 4 aromatic rings. The lowest BCUT2D eigenvalue weighted by atomic mass is 9.78. The highest BCUT2D eigenvalue weighted by molar-refractivity contribution is 6.00. The number of pyridine rings is 1. The first-order chi connectivity index (χ1) is 16.5. The number of nitrogens with one attached hydrogen (secondary N) is 2. The number of benzene rings is 3. The largest absolute Gasteiger partial charge is 0.495 e. The Morgan fingerprint density at radius 2 is 1.47 bits per heavy atom. The van der Waals surface area contributed by atoms with Crippen LogP contribution in [0.3, 0.4) is 0 Å². The van der Waals surface area contributed by atoms with Crippen LogP contribution in [0, 0.1) is 0 Å². The summed E-state index contributed by atoms with van der Waals surface area (Å²) in [6, 6.07) is 26.5. The molecule has 0 aliphatic rings. The molecule has 3 aromatic carbocycles. The summed E-state index contributed by atoms with van der Waals surface area (Å²) in [7, 11) is 1.59. The topological polar surface area (TPSA) is 72.5 Å². The Balaban J connectivity index is 1.46. The van der Waals surface area contributed by atoms with Gasteiger partial charge < -0.3 is 20.1 Å². The van der Waals surface area contributed by atoms with Gasteiger partial charge in [-0.15, -0.1) is 0 Å². The molecule has 0 radical (unpaired) electrons. The van der Waals surface area contributed by atoms with Gasteiger partial charge in [-0.2, -0.15) is 0 Å². The number of carbonyl (C=O) groups is 1. The molecular weight excluding hydrogens is 426 g/mol. The van der Waals surface area contributed by atoms with Gasteiger partial charge in [0.25, 0.3) is 0 Å². The fourth-order valence-corrected chi connectivity index (χ4v) is 3.65. The van der Waals surface area contributed by atoms with Gasteiger partial charge in [-0.3, -0.25) is 4.98 Å². The van der Waals surface area contributed by atoms with Crippen molar-refractivity contribution in [2.45, 2.75) is 19.3 Å². The highest BCUT2D eigenvalue weighted by Gasteiger charge is 2.24. The van der Waals surface area contributed by atoms with Crippen LogP contribution in [0.4, 0.5) is 16.2 Å². The summed E-state index contributed by atoms with van der Waals surface area (Å²) in [6.07, 6.45) is 3.33. The Hall–Kier alpha value is -4.32. The number of urea groups is 1. The molecule has 172 valence electrons. The van der Waals surface area contributed by atoms with Crippen LogP contribution >= 0.6 is 0 Å². The number of methoxy groups -OCH3 is 1. The number of hydrogen-bond acceptors (Lipinski definition) is 4. The molecule has 0 fully saturated rings. The molecule has 0 spiro atoms. The second kappa shape index (κ2) is 10.1. The zero-order chi connectivity index (χ0) is 24.0. The van der Waals surface area contributed by atoms with Gasteiger partial charge in [-0.25, -0.2) is 4.79 Å². The zero-order valence-corrected chi connectivity index (χ0v) is 19.4. The quantitative estimate of drug-likeness (QED) is 0.321. The van der Waals surface area contributed by atoms with E-state index < -0.39 is 0 Å². The first-order valence-corrected chi connectivity index (χ1v) is 11.0. The molecule has 1 aromatic heterocycles. The van der Waals surface area contributed by atoms with Crippen molar-refractivity contribution in [1.82, 2.24) is 4.98 Å². The van der Waals surface area contributed by atoms with Crippen LogP contribution in [0.5, 0.6) is 17.2 Å². The van der Waals surface area contributed by atoms with Crippen LogP contribution in [-0.2, 0) is 5.41 Å². The van der Waals surface area contributed by atoms with Crippen LogP contribution in [0.15, 0.2) is 97.3 Å². The molecule has 0 saturated heterocycles. The molecule has 2 N–H and O–H groups in total. The number of anilines is 2. The first kappa shape index (κ1) is 22.9. The Bertz CT molecular complexity index is 1240. The maximum absolute atomic E-state index is 12.7. The van der Waals surface area contributed by atoms with Gasteiger partial charge in [-0.05, 0) is 59.7 Å². The van der Waals surface area contributed by atoms with Crippen LogP contribution < -0.4 is 20.1 Å². The molecule has 6 nitrogen and oxygen atoms in total. The minimum Gasteiger partial charge on any atom is -0.495 e. The van der Waals surface area contributed by atoms with Gasteiger partial charge >= 0.3 is 6.03 Å². The lowest BCUT2D eigenvalue weighted by Gasteiger charge is -2.27. The molecular formula is C28H27N3O3. The van der Waals surface area contributed by atoms with Crippen molar-refractivity contribution in [2.75, 3.05) is 17.7 Å². The summed E-state index contributed by atoms with van der Waals surface area (Å²) in [5, 5.41) is 5.77. The molecule has 0 unspecified atom stereocenters. The van der Waals surface area contributed by atoms with E-state index in [1.54, 1.807) is 55.9 Å².